The Kier molecular flexibility index (Phi) is 1.85. The molecule has 0 unspecified atom stereocenters. The molecule has 0 bridgehead atoms. The third-order valence-electron chi connectivity index (χ3n) is 2.12. The van der Waals surface area contributed by atoms with Crippen LogP contribution in [-0.2, 0) is 0 Å². The SMILES string of the molecule is O=[N+]([O-])C1=C(O)c2ccccc2NC1. The molecule has 1 aromatic rings. The summed E-state index contributed by atoms with van der Waals surface area (Å²) in [4.78, 5) is 9.95. The third kappa shape index (κ3) is 1.19. The Hall–Kier alpha value is -2.04. The highest BCUT2D eigenvalue weighted by Crippen LogP contribution is 2.28. The van der Waals surface area contributed by atoms with Crippen LogP contribution in [0.4, 0.5) is 5.69 Å². The van der Waals surface area contributed by atoms with Gasteiger partial charge in [-0.3, -0.25) is 10.1 Å². The van der Waals surface area contributed by atoms with Crippen molar-refractivity contribution in [2.45, 2.75) is 0 Å². The number of aliphatic hydroxyl groups is 1. The summed E-state index contributed by atoms with van der Waals surface area (Å²) in [5.74, 6) is -0.246. The molecule has 1 aromatic carbocycles. The molecule has 0 fully saturated rings. The normalized spacial score (nSPS) is 14.6. The molecule has 0 aliphatic carbocycles. The first kappa shape index (κ1) is 8.55. The zero-order chi connectivity index (χ0) is 10.1. The second-order valence-electron chi connectivity index (χ2n) is 2.95. The number of para-hydroxylation sites is 1. The van der Waals surface area contributed by atoms with E-state index in [1.807, 2.05) is 0 Å². The van der Waals surface area contributed by atoms with Gasteiger partial charge in [-0.05, 0) is 12.1 Å². The van der Waals surface area contributed by atoms with E-state index < -0.39 is 4.92 Å². The van der Waals surface area contributed by atoms with E-state index in [0.717, 1.165) is 5.69 Å². The van der Waals surface area contributed by atoms with Gasteiger partial charge in [0, 0.05) is 11.3 Å². The number of nitrogens with zero attached hydrogens (tertiary/aromatic N) is 1. The number of aliphatic hydroxyl groups excluding tert-OH is 1. The van der Waals surface area contributed by atoms with Gasteiger partial charge in [0.25, 0.3) is 0 Å². The molecule has 1 aliphatic rings. The molecule has 5 heteroatoms. The Bertz CT molecular complexity index is 426. The molecule has 72 valence electrons. The van der Waals surface area contributed by atoms with E-state index in [1.54, 1.807) is 24.3 Å². The predicted octanol–water partition coefficient (Wildman–Crippen LogP) is 1.62. The monoisotopic (exact) mass is 192 g/mol. The predicted molar refractivity (Wildman–Crippen MR) is 51.5 cm³/mol. The second kappa shape index (κ2) is 3.02. The van der Waals surface area contributed by atoms with E-state index in [2.05, 4.69) is 5.32 Å². The average molecular weight is 192 g/mol. The van der Waals surface area contributed by atoms with E-state index in [-0.39, 0.29) is 18.0 Å². The van der Waals surface area contributed by atoms with Crippen LogP contribution in [0.25, 0.3) is 5.76 Å². The molecule has 0 saturated carbocycles. The van der Waals surface area contributed by atoms with Gasteiger partial charge in [0.05, 0.1) is 4.92 Å². The number of hydrogen-bond donors (Lipinski definition) is 2. The molecule has 0 aromatic heterocycles. The van der Waals surface area contributed by atoms with Crippen molar-refractivity contribution in [2.75, 3.05) is 11.9 Å². The molecule has 1 aliphatic heterocycles. The van der Waals surface area contributed by atoms with E-state index in [4.69, 9.17) is 0 Å². The minimum atomic E-state index is -0.571. The molecular formula is C9H8N2O3. The molecule has 0 saturated heterocycles. The Morgan fingerprint density at radius 2 is 2.14 bits per heavy atom. The van der Waals surface area contributed by atoms with Crippen LogP contribution < -0.4 is 5.32 Å². The number of hydrogen-bond acceptors (Lipinski definition) is 4. The minimum absolute atomic E-state index is 0.0514. The zero-order valence-electron chi connectivity index (χ0n) is 7.23. The summed E-state index contributed by atoms with van der Waals surface area (Å²) in [6.07, 6.45) is 0. The molecule has 0 atom stereocenters. The molecule has 2 rings (SSSR count). The van der Waals surface area contributed by atoms with Crippen molar-refractivity contribution < 1.29 is 10.0 Å². The van der Waals surface area contributed by atoms with Crippen LogP contribution >= 0.6 is 0 Å². The van der Waals surface area contributed by atoms with Gasteiger partial charge in [-0.1, -0.05) is 12.1 Å². The van der Waals surface area contributed by atoms with Crippen LogP contribution in [0.5, 0.6) is 0 Å². The summed E-state index contributed by atoms with van der Waals surface area (Å²) in [5.41, 5.74) is 1.00. The van der Waals surface area contributed by atoms with Crippen molar-refractivity contribution in [2.24, 2.45) is 0 Å². The highest BCUT2D eigenvalue weighted by atomic mass is 16.6. The molecule has 0 spiro atoms. The fraction of sp³-hybridized carbons (Fsp3) is 0.111. The van der Waals surface area contributed by atoms with Crippen LogP contribution in [0.3, 0.4) is 0 Å². The average Bonchev–Trinajstić information content (AvgIpc) is 2.18. The van der Waals surface area contributed by atoms with Gasteiger partial charge in [0.15, 0.2) is 0 Å². The molecule has 0 radical (unpaired) electrons. The smallest absolute Gasteiger partial charge is 0.307 e. The maximum atomic E-state index is 10.5. The number of fused-ring (bicyclic) bond motifs is 1. The van der Waals surface area contributed by atoms with Gasteiger partial charge in [-0.2, -0.15) is 0 Å². The first-order valence-corrected chi connectivity index (χ1v) is 4.10. The number of nitrogens with one attached hydrogen (secondary N) is 1. The van der Waals surface area contributed by atoms with Crippen molar-refractivity contribution in [1.82, 2.24) is 0 Å². The van der Waals surface area contributed by atoms with Crippen molar-refractivity contribution in [3.8, 4) is 0 Å². The van der Waals surface area contributed by atoms with Crippen LogP contribution in [0.15, 0.2) is 30.0 Å². The largest absolute Gasteiger partial charge is 0.502 e. The first-order valence-electron chi connectivity index (χ1n) is 4.10. The lowest BCUT2D eigenvalue weighted by molar-refractivity contribution is -0.425. The van der Waals surface area contributed by atoms with E-state index in [0.29, 0.717) is 5.56 Å². The summed E-state index contributed by atoms with van der Waals surface area (Å²) in [7, 11) is 0. The molecular weight excluding hydrogens is 184 g/mol. The second-order valence-corrected chi connectivity index (χ2v) is 2.95. The Morgan fingerprint density at radius 1 is 1.43 bits per heavy atom. The lowest BCUT2D eigenvalue weighted by atomic mass is 10.1. The van der Waals surface area contributed by atoms with E-state index >= 15 is 0 Å². The summed E-state index contributed by atoms with van der Waals surface area (Å²) in [6, 6.07) is 6.93. The highest BCUT2D eigenvalue weighted by Gasteiger charge is 2.25. The molecule has 2 N–H and O–H groups in total. The Balaban J connectivity index is 2.56. The van der Waals surface area contributed by atoms with E-state index in [1.165, 1.54) is 0 Å². The fourth-order valence-corrected chi connectivity index (χ4v) is 1.41. The van der Waals surface area contributed by atoms with Crippen molar-refractivity contribution in [3.63, 3.8) is 0 Å². The topological polar surface area (TPSA) is 75.4 Å². The van der Waals surface area contributed by atoms with Crippen LogP contribution in [0.1, 0.15) is 5.56 Å². The van der Waals surface area contributed by atoms with Crippen molar-refractivity contribution in [3.05, 3.63) is 45.6 Å². The summed E-state index contributed by atoms with van der Waals surface area (Å²) in [6.45, 7) is 0.0514. The summed E-state index contributed by atoms with van der Waals surface area (Å²) >= 11 is 0. The number of nitro groups is 1. The molecule has 5 nitrogen and oxygen atoms in total. The van der Waals surface area contributed by atoms with Gasteiger partial charge in [-0.25, -0.2) is 0 Å². The fourth-order valence-electron chi connectivity index (χ4n) is 1.41. The van der Waals surface area contributed by atoms with Crippen molar-refractivity contribution >= 4 is 11.4 Å². The number of anilines is 1. The quantitative estimate of drug-likeness (QED) is 0.523. The first-order chi connectivity index (χ1) is 6.70. The number of rotatable bonds is 1. The Labute approximate surface area is 79.8 Å². The standard InChI is InChI=1S/C9H8N2O3/c12-9-6-3-1-2-4-7(6)10-5-8(9)11(13)14/h1-4,10,12H,5H2. The maximum Gasteiger partial charge on any atom is 0.307 e. The number of benzene rings is 1. The third-order valence-corrected chi connectivity index (χ3v) is 2.12. The van der Waals surface area contributed by atoms with Gasteiger partial charge in [0.1, 0.15) is 6.54 Å². The van der Waals surface area contributed by atoms with Gasteiger partial charge in [-0.15, -0.1) is 0 Å². The summed E-state index contributed by atoms with van der Waals surface area (Å²) < 4.78 is 0. The Morgan fingerprint density at radius 3 is 2.86 bits per heavy atom. The lowest BCUT2D eigenvalue weighted by Gasteiger charge is -2.15. The van der Waals surface area contributed by atoms with Gasteiger partial charge >= 0.3 is 5.70 Å². The minimum Gasteiger partial charge on any atom is -0.502 e. The van der Waals surface area contributed by atoms with Crippen LogP contribution in [0.2, 0.25) is 0 Å². The zero-order valence-corrected chi connectivity index (χ0v) is 7.23. The summed E-state index contributed by atoms with van der Waals surface area (Å²) in [5, 5.41) is 23.0. The lowest BCUT2D eigenvalue weighted by Crippen LogP contribution is -2.19. The highest BCUT2D eigenvalue weighted by molar-refractivity contribution is 5.76. The van der Waals surface area contributed by atoms with Gasteiger partial charge < -0.3 is 10.4 Å². The van der Waals surface area contributed by atoms with Crippen molar-refractivity contribution in [1.29, 1.82) is 0 Å². The van der Waals surface area contributed by atoms with Crippen LogP contribution in [-0.4, -0.2) is 16.6 Å². The maximum absolute atomic E-state index is 10.5. The van der Waals surface area contributed by atoms with E-state index in [9.17, 15) is 15.2 Å². The van der Waals surface area contributed by atoms with Gasteiger partial charge in [0.2, 0.25) is 5.76 Å². The van der Waals surface area contributed by atoms with Crippen LogP contribution in [0, 0.1) is 10.1 Å². The molecule has 14 heavy (non-hydrogen) atoms. The molecule has 0 amide bonds. The molecule has 1 heterocycles.